The second kappa shape index (κ2) is 5.29. The minimum atomic E-state index is -0.681. The molecular formula is C8H14N2O3. The maximum absolute atomic E-state index is 11.0. The van der Waals surface area contributed by atoms with Crippen molar-refractivity contribution in [2.75, 3.05) is 0 Å². The van der Waals surface area contributed by atoms with Crippen LogP contribution < -0.4 is 11.1 Å². The van der Waals surface area contributed by atoms with Crippen molar-refractivity contribution in [2.24, 2.45) is 5.73 Å². The first-order valence-electron chi connectivity index (χ1n) is 4.01. The number of primary amides is 1. The molecule has 5 nitrogen and oxygen atoms in total. The van der Waals surface area contributed by atoms with Crippen molar-refractivity contribution in [3.8, 4) is 0 Å². The molecule has 0 heterocycles. The van der Waals surface area contributed by atoms with Crippen LogP contribution >= 0.6 is 0 Å². The van der Waals surface area contributed by atoms with E-state index >= 15 is 0 Å². The number of carbonyl (C=O) groups is 3. The molecule has 0 aliphatic carbocycles. The van der Waals surface area contributed by atoms with E-state index in [0.29, 0.717) is 0 Å². The summed E-state index contributed by atoms with van der Waals surface area (Å²) < 4.78 is 0. The molecule has 0 bridgehead atoms. The van der Waals surface area contributed by atoms with Gasteiger partial charge in [-0.2, -0.15) is 0 Å². The number of Topliss-reactive ketones (excluding diaryl/α,β-unsaturated/α-hetero) is 1. The van der Waals surface area contributed by atoms with Crippen LogP contribution in [0.15, 0.2) is 0 Å². The Labute approximate surface area is 76.7 Å². The molecule has 0 saturated heterocycles. The lowest BCUT2D eigenvalue weighted by Gasteiger charge is -2.08. The molecule has 0 radical (unpaired) electrons. The number of nitrogens with two attached hydrogens (primary N) is 1. The molecule has 0 aliphatic rings. The number of ketones is 1. The fourth-order valence-corrected chi connectivity index (χ4v) is 0.674. The Morgan fingerprint density at radius 1 is 1.31 bits per heavy atom. The molecule has 0 rings (SSSR count). The minimum Gasteiger partial charge on any atom is -0.368 e. The fourth-order valence-electron chi connectivity index (χ4n) is 0.674. The highest BCUT2D eigenvalue weighted by atomic mass is 16.2. The Hall–Kier alpha value is -1.39. The molecule has 2 amide bonds. The van der Waals surface area contributed by atoms with Crippen LogP contribution in [0.4, 0.5) is 0 Å². The summed E-state index contributed by atoms with van der Waals surface area (Å²) in [6.45, 7) is 2.90. The molecule has 0 aromatic heterocycles. The van der Waals surface area contributed by atoms with Gasteiger partial charge in [-0.3, -0.25) is 9.59 Å². The molecule has 0 aromatic carbocycles. The molecule has 1 atom stereocenters. The summed E-state index contributed by atoms with van der Waals surface area (Å²) in [6.07, 6.45) is 0.296. The monoisotopic (exact) mass is 186 g/mol. The Morgan fingerprint density at radius 2 is 1.85 bits per heavy atom. The SMILES string of the molecule is CC(=O)CCC(=O)N[C@@H](C)C(N)=O. The summed E-state index contributed by atoms with van der Waals surface area (Å²) in [5, 5.41) is 2.37. The first-order valence-corrected chi connectivity index (χ1v) is 4.01. The zero-order chi connectivity index (χ0) is 10.4. The van der Waals surface area contributed by atoms with Crippen LogP contribution in [-0.4, -0.2) is 23.6 Å². The van der Waals surface area contributed by atoms with Crippen LogP contribution in [0, 0.1) is 0 Å². The molecule has 0 spiro atoms. The van der Waals surface area contributed by atoms with Gasteiger partial charge in [0.2, 0.25) is 11.8 Å². The van der Waals surface area contributed by atoms with Crippen LogP contribution in [0.5, 0.6) is 0 Å². The zero-order valence-corrected chi connectivity index (χ0v) is 7.79. The highest BCUT2D eigenvalue weighted by molar-refractivity contribution is 5.88. The lowest BCUT2D eigenvalue weighted by atomic mass is 10.2. The van der Waals surface area contributed by atoms with Crippen molar-refractivity contribution >= 4 is 17.6 Å². The van der Waals surface area contributed by atoms with Crippen molar-refractivity contribution in [2.45, 2.75) is 32.7 Å². The molecule has 74 valence electrons. The number of carbonyl (C=O) groups excluding carboxylic acids is 3. The maximum Gasteiger partial charge on any atom is 0.239 e. The van der Waals surface area contributed by atoms with Crippen LogP contribution in [0.3, 0.4) is 0 Å². The number of amides is 2. The van der Waals surface area contributed by atoms with E-state index in [-0.39, 0.29) is 24.5 Å². The Bertz CT molecular complexity index is 225. The van der Waals surface area contributed by atoms with Crippen molar-refractivity contribution in [1.82, 2.24) is 5.32 Å². The van der Waals surface area contributed by atoms with E-state index in [2.05, 4.69) is 5.32 Å². The van der Waals surface area contributed by atoms with Gasteiger partial charge in [-0.15, -0.1) is 0 Å². The molecular weight excluding hydrogens is 172 g/mol. The van der Waals surface area contributed by atoms with Crippen LogP contribution in [0.2, 0.25) is 0 Å². The van der Waals surface area contributed by atoms with E-state index in [9.17, 15) is 14.4 Å². The predicted molar refractivity (Wildman–Crippen MR) is 46.7 cm³/mol. The van der Waals surface area contributed by atoms with Gasteiger partial charge >= 0.3 is 0 Å². The lowest BCUT2D eigenvalue weighted by molar-refractivity contribution is -0.128. The summed E-state index contributed by atoms with van der Waals surface area (Å²) in [7, 11) is 0. The van der Waals surface area contributed by atoms with Crippen molar-refractivity contribution in [1.29, 1.82) is 0 Å². The number of rotatable bonds is 5. The van der Waals surface area contributed by atoms with E-state index in [1.54, 1.807) is 0 Å². The second-order valence-corrected chi connectivity index (χ2v) is 2.89. The van der Waals surface area contributed by atoms with Gasteiger partial charge in [-0.05, 0) is 13.8 Å². The highest BCUT2D eigenvalue weighted by Gasteiger charge is 2.11. The van der Waals surface area contributed by atoms with E-state index < -0.39 is 11.9 Å². The quantitative estimate of drug-likeness (QED) is 0.597. The average Bonchev–Trinajstić information content (AvgIpc) is 2.00. The van der Waals surface area contributed by atoms with Gasteiger partial charge in [0.15, 0.2) is 0 Å². The third kappa shape index (κ3) is 5.84. The van der Waals surface area contributed by atoms with Crippen molar-refractivity contribution < 1.29 is 14.4 Å². The third-order valence-corrected chi connectivity index (χ3v) is 1.51. The van der Waals surface area contributed by atoms with Crippen LogP contribution in [0.1, 0.15) is 26.7 Å². The normalized spacial score (nSPS) is 11.8. The topological polar surface area (TPSA) is 89.3 Å². The van der Waals surface area contributed by atoms with Crippen molar-refractivity contribution in [3.63, 3.8) is 0 Å². The van der Waals surface area contributed by atoms with Gasteiger partial charge < -0.3 is 15.8 Å². The van der Waals surface area contributed by atoms with Gasteiger partial charge in [0.25, 0.3) is 0 Å². The molecule has 0 unspecified atom stereocenters. The van der Waals surface area contributed by atoms with E-state index in [1.807, 2.05) is 0 Å². The van der Waals surface area contributed by atoms with Gasteiger partial charge in [0.05, 0.1) is 0 Å². The fraction of sp³-hybridized carbons (Fsp3) is 0.625. The molecule has 5 heteroatoms. The van der Waals surface area contributed by atoms with Crippen LogP contribution in [-0.2, 0) is 14.4 Å². The largest absolute Gasteiger partial charge is 0.368 e. The van der Waals surface area contributed by atoms with Gasteiger partial charge in [0.1, 0.15) is 11.8 Å². The Morgan fingerprint density at radius 3 is 2.23 bits per heavy atom. The molecule has 13 heavy (non-hydrogen) atoms. The van der Waals surface area contributed by atoms with Crippen LogP contribution in [0.25, 0.3) is 0 Å². The smallest absolute Gasteiger partial charge is 0.239 e. The first-order chi connectivity index (χ1) is 5.93. The summed E-state index contributed by atoms with van der Waals surface area (Å²) in [5.41, 5.74) is 4.92. The van der Waals surface area contributed by atoms with E-state index in [0.717, 1.165) is 0 Å². The van der Waals surface area contributed by atoms with Gasteiger partial charge in [0, 0.05) is 12.8 Å². The molecule has 0 aromatic rings. The lowest BCUT2D eigenvalue weighted by Crippen LogP contribution is -2.42. The maximum atomic E-state index is 11.0. The van der Waals surface area contributed by atoms with Crippen molar-refractivity contribution in [3.05, 3.63) is 0 Å². The predicted octanol–water partition coefficient (Wildman–Crippen LogP) is -0.654. The average molecular weight is 186 g/mol. The Balaban J connectivity index is 3.74. The minimum absolute atomic E-state index is 0.0538. The summed E-state index contributed by atoms with van der Waals surface area (Å²) in [6, 6.07) is -0.681. The number of nitrogens with one attached hydrogen (secondary N) is 1. The third-order valence-electron chi connectivity index (χ3n) is 1.51. The molecule has 0 fully saturated rings. The number of hydrogen-bond acceptors (Lipinski definition) is 3. The Kier molecular flexibility index (Phi) is 4.72. The summed E-state index contributed by atoms with van der Waals surface area (Å²) in [4.78, 5) is 32.0. The standard InChI is InChI=1S/C8H14N2O3/c1-5(11)3-4-7(12)10-6(2)8(9)13/h6H,3-4H2,1-2H3,(H2,9,13)(H,10,12)/t6-/m0/s1. The van der Waals surface area contributed by atoms with E-state index in [1.165, 1.54) is 13.8 Å². The summed E-state index contributed by atoms with van der Waals surface area (Å²) in [5.74, 6) is -0.973. The summed E-state index contributed by atoms with van der Waals surface area (Å²) >= 11 is 0. The van der Waals surface area contributed by atoms with Gasteiger partial charge in [-0.25, -0.2) is 0 Å². The zero-order valence-electron chi connectivity index (χ0n) is 7.79. The first kappa shape index (κ1) is 11.6. The number of hydrogen-bond donors (Lipinski definition) is 2. The molecule has 3 N–H and O–H groups in total. The second-order valence-electron chi connectivity index (χ2n) is 2.89. The molecule has 0 saturated carbocycles. The highest BCUT2D eigenvalue weighted by Crippen LogP contribution is 1.91. The van der Waals surface area contributed by atoms with Gasteiger partial charge in [-0.1, -0.05) is 0 Å². The van der Waals surface area contributed by atoms with E-state index in [4.69, 9.17) is 5.73 Å². The molecule has 0 aliphatic heterocycles.